The Morgan fingerprint density at radius 2 is 2.00 bits per heavy atom. The lowest BCUT2D eigenvalue weighted by Crippen LogP contribution is -2.37. The third-order valence-corrected chi connectivity index (χ3v) is 4.39. The van der Waals surface area contributed by atoms with Crippen LogP contribution < -0.4 is 16.4 Å². The van der Waals surface area contributed by atoms with Crippen LogP contribution in [0.15, 0.2) is 24.3 Å². The number of nitrogens with zero attached hydrogens (tertiary/aromatic N) is 3. The Morgan fingerprint density at radius 3 is 2.79 bits per heavy atom. The monoisotopic (exact) mass is 331 g/mol. The molecule has 1 saturated heterocycles. The van der Waals surface area contributed by atoms with Crippen molar-refractivity contribution in [3.63, 3.8) is 0 Å². The van der Waals surface area contributed by atoms with Gasteiger partial charge in [-0.15, -0.1) is 10.2 Å². The van der Waals surface area contributed by atoms with Gasteiger partial charge in [0.15, 0.2) is 5.82 Å². The molecule has 1 aliphatic heterocycles. The molecule has 0 radical (unpaired) electrons. The maximum absolute atomic E-state index is 13.5. The summed E-state index contributed by atoms with van der Waals surface area (Å²) in [6.07, 6.45) is 2.03. The van der Waals surface area contributed by atoms with E-state index in [2.05, 4.69) is 22.0 Å². The van der Waals surface area contributed by atoms with Gasteiger partial charge in [0.2, 0.25) is 0 Å². The van der Waals surface area contributed by atoms with Gasteiger partial charge in [-0.2, -0.15) is 0 Å². The zero-order chi connectivity index (χ0) is 17.3. The number of benzene rings is 1. The molecule has 1 aromatic heterocycles. The van der Waals surface area contributed by atoms with Crippen molar-refractivity contribution >= 4 is 11.5 Å². The summed E-state index contributed by atoms with van der Waals surface area (Å²) in [5.74, 6) is 0.281. The van der Waals surface area contributed by atoms with E-state index in [0.717, 1.165) is 19.4 Å². The first-order chi connectivity index (χ1) is 11.4. The van der Waals surface area contributed by atoms with Gasteiger partial charge < -0.3 is 21.5 Å². The van der Waals surface area contributed by atoms with E-state index >= 15 is 0 Å². The van der Waals surface area contributed by atoms with E-state index in [1.54, 1.807) is 6.07 Å². The fourth-order valence-electron chi connectivity index (χ4n) is 3.10. The van der Waals surface area contributed by atoms with Gasteiger partial charge in [0.05, 0.1) is 11.4 Å². The molecule has 0 spiro atoms. The van der Waals surface area contributed by atoms with Gasteiger partial charge in [0.25, 0.3) is 0 Å². The molecule has 3 rings (SSSR count). The van der Waals surface area contributed by atoms with Crippen molar-refractivity contribution in [2.75, 3.05) is 23.7 Å². The number of aromatic nitrogens is 2. The standard InChI is InChI=1S/C17H22FN5O/c1-10-2-4-12(19)9-23(8-10)15-7-14(21-22-17(15)20)13-6-11(18)3-5-16(13)24/h3,5-7,10,12,24H,2,4,8-9,19H2,1H3,(H2,20,22)/t10-,12+/m0/s1. The Morgan fingerprint density at radius 1 is 1.21 bits per heavy atom. The van der Waals surface area contributed by atoms with Gasteiger partial charge in [0, 0.05) is 24.7 Å². The Bertz CT molecular complexity index is 727. The summed E-state index contributed by atoms with van der Waals surface area (Å²) >= 11 is 0. The van der Waals surface area contributed by atoms with Crippen LogP contribution in [0.5, 0.6) is 5.75 Å². The molecule has 2 aromatic rings. The molecule has 0 aliphatic carbocycles. The second-order valence-corrected chi connectivity index (χ2v) is 6.51. The second-order valence-electron chi connectivity index (χ2n) is 6.51. The number of halogens is 1. The molecule has 1 fully saturated rings. The highest BCUT2D eigenvalue weighted by Gasteiger charge is 2.23. The van der Waals surface area contributed by atoms with E-state index in [1.165, 1.54) is 18.2 Å². The van der Waals surface area contributed by atoms with Crippen LogP contribution in [0.3, 0.4) is 0 Å². The molecule has 0 unspecified atom stereocenters. The Labute approximate surface area is 140 Å². The van der Waals surface area contributed by atoms with Crippen LogP contribution in [0, 0.1) is 11.7 Å². The van der Waals surface area contributed by atoms with E-state index in [4.69, 9.17) is 11.5 Å². The van der Waals surface area contributed by atoms with Gasteiger partial charge >= 0.3 is 0 Å². The maximum atomic E-state index is 13.5. The molecule has 0 amide bonds. The summed E-state index contributed by atoms with van der Waals surface area (Å²) < 4.78 is 13.5. The number of aromatic hydroxyl groups is 1. The van der Waals surface area contributed by atoms with E-state index in [0.29, 0.717) is 29.7 Å². The molecule has 5 N–H and O–H groups in total. The number of hydrogen-bond donors (Lipinski definition) is 3. The van der Waals surface area contributed by atoms with Crippen LogP contribution in [0.4, 0.5) is 15.9 Å². The molecule has 128 valence electrons. The van der Waals surface area contributed by atoms with Crippen LogP contribution in [0.25, 0.3) is 11.3 Å². The molecular weight excluding hydrogens is 309 g/mol. The minimum Gasteiger partial charge on any atom is -0.507 e. The molecule has 1 aliphatic rings. The molecular formula is C17H22FN5O. The predicted molar refractivity (Wildman–Crippen MR) is 92.1 cm³/mol. The van der Waals surface area contributed by atoms with Gasteiger partial charge in [-0.1, -0.05) is 6.92 Å². The minimum atomic E-state index is -0.451. The number of nitrogens with two attached hydrogens (primary N) is 2. The third-order valence-electron chi connectivity index (χ3n) is 4.39. The SMILES string of the molecule is C[C@H]1CC[C@@H](N)CN(c2cc(-c3cc(F)ccc3O)nnc2N)C1. The average molecular weight is 331 g/mol. The van der Waals surface area contributed by atoms with Crippen LogP contribution in [-0.2, 0) is 0 Å². The Kier molecular flexibility index (Phi) is 4.53. The highest BCUT2D eigenvalue weighted by Crippen LogP contribution is 2.33. The summed E-state index contributed by atoms with van der Waals surface area (Å²) in [6.45, 7) is 3.67. The smallest absolute Gasteiger partial charge is 0.169 e. The van der Waals surface area contributed by atoms with Crippen LogP contribution in [-0.4, -0.2) is 34.4 Å². The number of anilines is 2. The highest BCUT2D eigenvalue weighted by molar-refractivity contribution is 5.74. The summed E-state index contributed by atoms with van der Waals surface area (Å²) in [6, 6.07) is 5.53. The highest BCUT2D eigenvalue weighted by atomic mass is 19.1. The molecule has 7 heteroatoms. The lowest BCUT2D eigenvalue weighted by atomic mass is 10.0. The fourth-order valence-corrected chi connectivity index (χ4v) is 3.10. The van der Waals surface area contributed by atoms with Crippen molar-refractivity contribution in [2.24, 2.45) is 11.7 Å². The van der Waals surface area contributed by atoms with Crippen LogP contribution in [0.1, 0.15) is 19.8 Å². The number of rotatable bonds is 2. The van der Waals surface area contributed by atoms with Crippen molar-refractivity contribution in [1.82, 2.24) is 10.2 Å². The van der Waals surface area contributed by atoms with Crippen molar-refractivity contribution < 1.29 is 9.50 Å². The van der Waals surface area contributed by atoms with Crippen molar-refractivity contribution in [3.8, 4) is 17.0 Å². The van der Waals surface area contributed by atoms with Gasteiger partial charge in [-0.05, 0) is 43.0 Å². The van der Waals surface area contributed by atoms with E-state index < -0.39 is 5.82 Å². The molecule has 0 bridgehead atoms. The molecule has 6 nitrogen and oxygen atoms in total. The average Bonchev–Trinajstić information content (AvgIpc) is 2.71. The first-order valence-corrected chi connectivity index (χ1v) is 8.06. The Balaban J connectivity index is 2.01. The molecule has 24 heavy (non-hydrogen) atoms. The summed E-state index contributed by atoms with van der Waals surface area (Å²) in [5.41, 5.74) is 13.6. The summed E-state index contributed by atoms with van der Waals surface area (Å²) in [5, 5.41) is 18.0. The summed E-state index contributed by atoms with van der Waals surface area (Å²) in [7, 11) is 0. The van der Waals surface area contributed by atoms with Crippen molar-refractivity contribution in [2.45, 2.75) is 25.8 Å². The lowest BCUT2D eigenvalue weighted by Gasteiger charge is -2.27. The minimum absolute atomic E-state index is 0.0534. The largest absolute Gasteiger partial charge is 0.507 e. The van der Waals surface area contributed by atoms with Crippen molar-refractivity contribution in [3.05, 3.63) is 30.1 Å². The molecule has 2 atom stereocenters. The number of nitrogen functional groups attached to an aromatic ring is 1. The number of phenolic OH excluding ortho intramolecular Hbond substituents is 1. The molecule has 0 saturated carbocycles. The van der Waals surface area contributed by atoms with E-state index in [1.807, 2.05) is 0 Å². The van der Waals surface area contributed by atoms with Gasteiger partial charge in [0.1, 0.15) is 11.6 Å². The normalized spacial score (nSPS) is 21.5. The number of phenols is 1. The van der Waals surface area contributed by atoms with Crippen molar-refractivity contribution in [1.29, 1.82) is 0 Å². The quantitative estimate of drug-likeness (QED) is 0.779. The lowest BCUT2D eigenvalue weighted by molar-refractivity contribution is 0.475. The first kappa shape index (κ1) is 16.4. The second kappa shape index (κ2) is 6.60. The first-order valence-electron chi connectivity index (χ1n) is 8.06. The molecule has 1 aromatic carbocycles. The van der Waals surface area contributed by atoms with Crippen LogP contribution >= 0.6 is 0 Å². The predicted octanol–water partition coefficient (Wildman–Crippen LogP) is 2.13. The van der Waals surface area contributed by atoms with Crippen LogP contribution in [0.2, 0.25) is 0 Å². The topological polar surface area (TPSA) is 101 Å². The van der Waals surface area contributed by atoms with E-state index in [9.17, 15) is 9.50 Å². The molecule has 2 heterocycles. The zero-order valence-corrected chi connectivity index (χ0v) is 13.6. The third kappa shape index (κ3) is 3.41. The van der Waals surface area contributed by atoms with Gasteiger partial charge in [-0.3, -0.25) is 0 Å². The number of hydrogen-bond acceptors (Lipinski definition) is 6. The zero-order valence-electron chi connectivity index (χ0n) is 13.6. The maximum Gasteiger partial charge on any atom is 0.169 e. The van der Waals surface area contributed by atoms with Gasteiger partial charge in [-0.25, -0.2) is 4.39 Å². The Hall–Kier alpha value is -2.41. The summed E-state index contributed by atoms with van der Waals surface area (Å²) in [4.78, 5) is 2.10. The van der Waals surface area contributed by atoms with E-state index in [-0.39, 0.29) is 17.4 Å². The fraction of sp³-hybridized carbons (Fsp3) is 0.412.